The zero-order valence-electron chi connectivity index (χ0n) is 17.5. The largest absolute Gasteiger partial charge is 0.508 e. The second-order valence-corrected chi connectivity index (χ2v) is 6.70. The fraction of sp³-hybridized carbons (Fsp3) is 0.273. The lowest BCUT2D eigenvalue weighted by Gasteiger charge is -2.18. The van der Waals surface area contributed by atoms with Gasteiger partial charge in [0, 0.05) is 6.42 Å². The molecule has 0 aliphatic heterocycles. The lowest BCUT2D eigenvalue weighted by Crippen LogP contribution is -2.50. The predicted octanol–water partition coefficient (Wildman–Crippen LogP) is 0.635. The summed E-state index contributed by atoms with van der Waals surface area (Å²) in [7, 11) is 1.19. The van der Waals surface area contributed by atoms with E-state index in [4.69, 9.17) is 4.74 Å². The quantitative estimate of drug-likeness (QED) is 0.395. The second kappa shape index (κ2) is 12.6. The molecule has 0 fully saturated rings. The minimum Gasteiger partial charge on any atom is -0.508 e. The molecule has 4 N–H and O–H groups in total. The summed E-state index contributed by atoms with van der Waals surface area (Å²) in [6.07, 6.45) is -0.709. The summed E-state index contributed by atoms with van der Waals surface area (Å²) in [5.41, 5.74) is 1.45. The van der Waals surface area contributed by atoms with E-state index in [-0.39, 0.29) is 25.3 Å². The highest BCUT2D eigenvalue weighted by molar-refractivity contribution is 5.90. The van der Waals surface area contributed by atoms with Gasteiger partial charge in [0.25, 0.3) is 0 Å². The number of ether oxygens (including phenoxy) is 2. The lowest BCUT2D eigenvalue weighted by molar-refractivity contribution is -0.141. The summed E-state index contributed by atoms with van der Waals surface area (Å²) in [4.78, 5) is 47.7. The molecule has 2 rings (SSSR count). The zero-order valence-corrected chi connectivity index (χ0v) is 17.5. The SMILES string of the molecule is COC(=O)CNC(=O)CNC(=O)C(Cc1ccc(O)cc1)NC(=O)OCc1ccccc1. The Labute approximate surface area is 184 Å². The number of hydrogen-bond acceptors (Lipinski definition) is 7. The molecular formula is C22H25N3O7. The third-order valence-electron chi connectivity index (χ3n) is 4.28. The Hall–Kier alpha value is -4.08. The molecule has 0 aromatic heterocycles. The monoisotopic (exact) mass is 443 g/mol. The number of esters is 1. The van der Waals surface area contributed by atoms with E-state index in [9.17, 15) is 24.3 Å². The summed E-state index contributed by atoms with van der Waals surface area (Å²) in [6.45, 7) is -0.703. The average molecular weight is 443 g/mol. The van der Waals surface area contributed by atoms with E-state index in [2.05, 4.69) is 20.7 Å². The third-order valence-corrected chi connectivity index (χ3v) is 4.28. The van der Waals surface area contributed by atoms with Gasteiger partial charge in [0.1, 0.15) is 24.9 Å². The van der Waals surface area contributed by atoms with Crippen molar-refractivity contribution in [3.63, 3.8) is 0 Å². The summed E-state index contributed by atoms with van der Waals surface area (Å²) >= 11 is 0. The number of carbonyl (C=O) groups excluding carboxylic acids is 4. The van der Waals surface area contributed by atoms with E-state index in [1.807, 2.05) is 18.2 Å². The van der Waals surface area contributed by atoms with Crippen LogP contribution in [0.3, 0.4) is 0 Å². The highest BCUT2D eigenvalue weighted by Gasteiger charge is 2.23. The van der Waals surface area contributed by atoms with Crippen molar-refractivity contribution < 1.29 is 33.8 Å². The standard InChI is InChI=1S/C22H25N3O7/c1-31-20(28)13-23-19(27)12-24-21(29)18(11-15-7-9-17(26)10-8-15)25-22(30)32-14-16-5-3-2-4-6-16/h2-10,18,26H,11-14H2,1H3,(H,23,27)(H,24,29)(H,25,30). The Kier molecular flexibility index (Phi) is 9.51. The van der Waals surface area contributed by atoms with Gasteiger partial charge in [-0.15, -0.1) is 0 Å². The van der Waals surface area contributed by atoms with Crippen molar-refractivity contribution in [3.05, 3.63) is 65.7 Å². The van der Waals surface area contributed by atoms with Gasteiger partial charge >= 0.3 is 12.1 Å². The number of phenolic OH excluding ortho intramolecular Hbond substituents is 1. The molecule has 170 valence electrons. The van der Waals surface area contributed by atoms with Crippen LogP contribution < -0.4 is 16.0 Å². The number of amides is 3. The lowest BCUT2D eigenvalue weighted by atomic mass is 10.1. The zero-order chi connectivity index (χ0) is 23.3. The van der Waals surface area contributed by atoms with E-state index < -0.39 is 36.5 Å². The molecule has 0 saturated heterocycles. The number of benzene rings is 2. The first-order valence-corrected chi connectivity index (χ1v) is 9.73. The van der Waals surface area contributed by atoms with Crippen LogP contribution in [-0.2, 0) is 36.9 Å². The number of rotatable bonds is 10. The summed E-state index contributed by atoms with van der Waals surface area (Å²) < 4.78 is 9.59. The van der Waals surface area contributed by atoms with Gasteiger partial charge in [0.2, 0.25) is 11.8 Å². The van der Waals surface area contributed by atoms with Gasteiger partial charge in [-0.3, -0.25) is 14.4 Å². The van der Waals surface area contributed by atoms with Crippen molar-refractivity contribution in [3.8, 4) is 5.75 Å². The Morgan fingerprint density at radius 3 is 2.25 bits per heavy atom. The molecule has 0 saturated carbocycles. The van der Waals surface area contributed by atoms with Gasteiger partial charge < -0.3 is 30.5 Å². The van der Waals surface area contributed by atoms with Crippen molar-refractivity contribution in [1.29, 1.82) is 0 Å². The van der Waals surface area contributed by atoms with Crippen molar-refractivity contribution in [1.82, 2.24) is 16.0 Å². The molecule has 0 heterocycles. The Morgan fingerprint density at radius 1 is 0.906 bits per heavy atom. The number of phenols is 1. The molecule has 2 aromatic carbocycles. The molecule has 10 nitrogen and oxygen atoms in total. The second-order valence-electron chi connectivity index (χ2n) is 6.70. The molecule has 10 heteroatoms. The number of alkyl carbamates (subject to hydrolysis) is 1. The van der Waals surface area contributed by atoms with Gasteiger partial charge in [-0.05, 0) is 23.3 Å². The van der Waals surface area contributed by atoms with E-state index in [0.29, 0.717) is 5.56 Å². The molecule has 0 bridgehead atoms. The maximum atomic E-state index is 12.6. The van der Waals surface area contributed by atoms with Gasteiger partial charge in [-0.1, -0.05) is 42.5 Å². The highest BCUT2D eigenvalue weighted by atomic mass is 16.5. The average Bonchev–Trinajstić information content (AvgIpc) is 2.81. The third kappa shape index (κ3) is 8.74. The van der Waals surface area contributed by atoms with Gasteiger partial charge in [0.15, 0.2) is 0 Å². The molecule has 0 aliphatic carbocycles. The fourth-order valence-electron chi connectivity index (χ4n) is 2.58. The van der Waals surface area contributed by atoms with Crippen LogP contribution in [-0.4, -0.2) is 55.2 Å². The number of carbonyl (C=O) groups is 4. The maximum Gasteiger partial charge on any atom is 0.408 e. The molecule has 0 spiro atoms. The Morgan fingerprint density at radius 2 is 1.59 bits per heavy atom. The molecule has 1 unspecified atom stereocenters. The van der Waals surface area contributed by atoms with Crippen LogP contribution >= 0.6 is 0 Å². The van der Waals surface area contributed by atoms with Gasteiger partial charge in [-0.2, -0.15) is 0 Å². The predicted molar refractivity (Wildman–Crippen MR) is 113 cm³/mol. The smallest absolute Gasteiger partial charge is 0.408 e. The van der Waals surface area contributed by atoms with Crippen molar-refractivity contribution in [2.45, 2.75) is 19.1 Å². The van der Waals surface area contributed by atoms with Gasteiger partial charge in [-0.25, -0.2) is 4.79 Å². The van der Waals surface area contributed by atoms with Crippen LogP contribution in [0.1, 0.15) is 11.1 Å². The molecule has 32 heavy (non-hydrogen) atoms. The van der Waals surface area contributed by atoms with Crippen LogP contribution in [0, 0.1) is 0 Å². The number of nitrogens with one attached hydrogen (secondary N) is 3. The van der Waals surface area contributed by atoms with E-state index in [0.717, 1.165) is 5.56 Å². The van der Waals surface area contributed by atoms with Crippen LogP contribution in [0.4, 0.5) is 4.79 Å². The number of methoxy groups -OCH3 is 1. The van der Waals surface area contributed by atoms with E-state index >= 15 is 0 Å². The molecule has 0 radical (unpaired) electrons. The minimum atomic E-state index is -1.05. The van der Waals surface area contributed by atoms with Crippen molar-refractivity contribution in [2.75, 3.05) is 20.2 Å². The molecule has 1 atom stereocenters. The van der Waals surface area contributed by atoms with E-state index in [1.165, 1.54) is 19.2 Å². The van der Waals surface area contributed by atoms with Crippen LogP contribution in [0.15, 0.2) is 54.6 Å². The Bertz CT molecular complexity index is 917. The summed E-state index contributed by atoms with van der Waals surface area (Å²) in [5.74, 6) is -1.79. The fourth-order valence-corrected chi connectivity index (χ4v) is 2.58. The highest BCUT2D eigenvalue weighted by Crippen LogP contribution is 2.12. The number of aromatic hydroxyl groups is 1. The maximum absolute atomic E-state index is 12.6. The molecular weight excluding hydrogens is 418 g/mol. The van der Waals surface area contributed by atoms with Crippen molar-refractivity contribution >= 4 is 23.9 Å². The summed E-state index contributed by atoms with van der Waals surface area (Å²) in [5, 5.41) is 16.6. The van der Waals surface area contributed by atoms with Crippen LogP contribution in [0.25, 0.3) is 0 Å². The number of hydrogen-bond donors (Lipinski definition) is 4. The van der Waals surface area contributed by atoms with Crippen molar-refractivity contribution in [2.24, 2.45) is 0 Å². The first-order valence-electron chi connectivity index (χ1n) is 9.73. The van der Waals surface area contributed by atoms with E-state index in [1.54, 1.807) is 24.3 Å². The normalized spacial score (nSPS) is 11.0. The summed E-state index contributed by atoms with van der Waals surface area (Å²) in [6, 6.07) is 14.1. The molecule has 2 aromatic rings. The van der Waals surface area contributed by atoms with Crippen LogP contribution in [0.2, 0.25) is 0 Å². The molecule has 3 amide bonds. The minimum absolute atomic E-state index is 0.0240. The topological polar surface area (TPSA) is 143 Å². The molecule has 0 aliphatic rings. The first-order chi connectivity index (χ1) is 15.4. The first kappa shape index (κ1) is 24.2. The van der Waals surface area contributed by atoms with Gasteiger partial charge in [0.05, 0.1) is 13.7 Å². The Balaban J connectivity index is 1.95. The van der Waals surface area contributed by atoms with Crippen LogP contribution in [0.5, 0.6) is 5.75 Å².